The summed E-state index contributed by atoms with van der Waals surface area (Å²) in [6, 6.07) is 1.37. The van der Waals surface area contributed by atoms with E-state index in [1.807, 2.05) is 0 Å². The molecule has 1 unspecified atom stereocenters. The molecule has 14 heteroatoms. The van der Waals surface area contributed by atoms with Crippen LogP contribution in [0.5, 0.6) is 0 Å². The number of halogens is 6. The molecule has 1 saturated carbocycles. The van der Waals surface area contributed by atoms with Gasteiger partial charge in [0.2, 0.25) is 0 Å². The molecule has 0 spiro atoms. The number of carbonyl (C=O) groups excluding carboxylic acids is 1. The Morgan fingerprint density at radius 1 is 1.06 bits per heavy atom. The molecule has 0 saturated heterocycles. The summed E-state index contributed by atoms with van der Waals surface area (Å²) < 4.78 is 80.8. The van der Waals surface area contributed by atoms with Gasteiger partial charge < -0.3 is 4.90 Å². The van der Waals surface area contributed by atoms with Crippen LogP contribution < -0.4 is 0 Å². The topological polar surface area (TPSA) is 89.7 Å². The number of hydrogen-bond acceptors (Lipinski definition) is 6. The predicted octanol–water partition coefficient (Wildman–Crippen LogP) is 4.10. The first-order valence-corrected chi connectivity index (χ1v) is 10.1. The molecule has 0 bridgehead atoms. The van der Waals surface area contributed by atoms with Crippen molar-refractivity contribution < 1.29 is 31.1 Å². The molecule has 3 aromatic heterocycles. The van der Waals surface area contributed by atoms with E-state index in [1.54, 1.807) is 13.0 Å². The molecular formula is C20H17F6N7O. The lowest BCUT2D eigenvalue weighted by Gasteiger charge is -2.29. The zero-order chi connectivity index (χ0) is 24.7. The minimum Gasteiger partial charge on any atom is -0.328 e. The lowest BCUT2D eigenvalue weighted by Crippen LogP contribution is -2.37. The van der Waals surface area contributed by atoms with Crippen molar-refractivity contribution in [3.63, 3.8) is 0 Å². The Labute approximate surface area is 188 Å². The fourth-order valence-corrected chi connectivity index (χ4v) is 3.34. The highest BCUT2D eigenvalue weighted by molar-refractivity contribution is 5.94. The Hall–Kier alpha value is -3.58. The van der Waals surface area contributed by atoms with E-state index in [4.69, 9.17) is 0 Å². The van der Waals surface area contributed by atoms with E-state index >= 15 is 0 Å². The summed E-state index contributed by atoms with van der Waals surface area (Å²) in [6.45, 7) is 1.67. The van der Waals surface area contributed by atoms with E-state index in [0.717, 1.165) is 12.8 Å². The van der Waals surface area contributed by atoms with E-state index in [0.29, 0.717) is 12.1 Å². The van der Waals surface area contributed by atoms with Crippen molar-refractivity contribution in [2.45, 2.75) is 38.2 Å². The third kappa shape index (κ3) is 4.99. The molecular weight excluding hydrogens is 468 g/mol. The van der Waals surface area contributed by atoms with Gasteiger partial charge in [0.15, 0.2) is 5.82 Å². The van der Waals surface area contributed by atoms with Crippen molar-refractivity contribution in [3.05, 3.63) is 59.7 Å². The second kappa shape index (κ2) is 8.65. The van der Waals surface area contributed by atoms with Gasteiger partial charge in [0.1, 0.15) is 17.7 Å². The SMILES string of the molecule is CC(c1ncnn1-c1ncccn1)N(CC1CC1)C(=O)c1cc(C(F)(F)F)nc(C(F)(F)F)c1. The summed E-state index contributed by atoms with van der Waals surface area (Å²) >= 11 is 0. The van der Waals surface area contributed by atoms with E-state index in [1.165, 1.54) is 28.3 Å². The summed E-state index contributed by atoms with van der Waals surface area (Å²) in [4.78, 5) is 29.5. The van der Waals surface area contributed by atoms with Gasteiger partial charge >= 0.3 is 12.4 Å². The van der Waals surface area contributed by atoms with Crippen molar-refractivity contribution in [1.29, 1.82) is 0 Å². The maximum Gasteiger partial charge on any atom is 0.433 e. The number of alkyl halides is 6. The van der Waals surface area contributed by atoms with Crippen LogP contribution in [0.3, 0.4) is 0 Å². The summed E-state index contributed by atoms with van der Waals surface area (Å²) in [7, 11) is 0. The zero-order valence-corrected chi connectivity index (χ0v) is 17.5. The number of aromatic nitrogens is 6. The van der Waals surface area contributed by atoms with Gasteiger partial charge in [-0.3, -0.25) is 4.79 Å². The fourth-order valence-electron chi connectivity index (χ4n) is 3.34. The van der Waals surface area contributed by atoms with Crippen LogP contribution in [0.1, 0.15) is 53.4 Å². The summed E-state index contributed by atoms with van der Waals surface area (Å²) in [5.74, 6) is -0.604. The number of hydrogen-bond donors (Lipinski definition) is 0. The molecule has 0 N–H and O–H groups in total. The Kier molecular flexibility index (Phi) is 6.00. The molecule has 1 aliphatic rings. The number of nitrogens with zero attached hydrogens (tertiary/aromatic N) is 7. The minimum absolute atomic E-state index is 0.0711. The second-order valence-corrected chi connectivity index (χ2v) is 7.78. The van der Waals surface area contributed by atoms with Gasteiger partial charge in [-0.15, -0.1) is 0 Å². The largest absolute Gasteiger partial charge is 0.433 e. The Bertz CT molecular complexity index is 1140. The minimum atomic E-state index is -5.17. The molecule has 3 aromatic rings. The van der Waals surface area contributed by atoms with E-state index < -0.39 is 41.3 Å². The van der Waals surface area contributed by atoms with Crippen molar-refractivity contribution in [2.24, 2.45) is 5.92 Å². The van der Waals surface area contributed by atoms with E-state index in [-0.39, 0.29) is 24.2 Å². The summed E-state index contributed by atoms with van der Waals surface area (Å²) in [6.07, 6.45) is -4.67. The lowest BCUT2D eigenvalue weighted by atomic mass is 10.1. The molecule has 0 aliphatic heterocycles. The van der Waals surface area contributed by atoms with Gasteiger partial charge in [0.05, 0.1) is 6.04 Å². The molecule has 1 aliphatic carbocycles. The Balaban J connectivity index is 1.75. The maximum absolute atomic E-state index is 13.3. The molecule has 1 amide bonds. The van der Waals surface area contributed by atoms with Crippen LogP contribution >= 0.6 is 0 Å². The highest BCUT2D eigenvalue weighted by Gasteiger charge is 2.41. The third-order valence-electron chi connectivity index (χ3n) is 5.22. The van der Waals surface area contributed by atoms with Gasteiger partial charge in [-0.05, 0) is 43.9 Å². The molecule has 3 heterocycles. The Morgan fingerprint density at radius 2 is 1.65 bits per heavy atom. The average Bonchev–Trinajstić information content (AvgIpc) is 3.48. The van der Waals surface area contributed by atoms with Crippen molar-refractivity contribution in [2.75, 3.05) is 6.54 Å². The van der Waals surface area contributed by atoms with E-state index in [2.05, 4.69) is 25.0 Å². The molecule has 8 nitrogen and oxygen atoms in total. The lowest BCUT2D eigenvalue weighted by molar-refractivity contribution is -0.150. The number of amides is 1. The monoisotopic (exact) mass is 485 g/mol. The first-order chi connectivity index (χ1) is 15.9. The number of pyridine rings is 1. The van der Waals surface area contributed by atoms with Crippen molar-refractivity contribution in [3.8, 4) is 5.95 Å². The molecule has 34 heavy (non-hydrogen) atoms. The third-order valence-corrected chi connectivity index (χ3v) is 5.22. The number of rotatable bonds is 6. The quantitative estimate of drug-likeness (QED) is 0.489. The highest BCUT2D eigenvalue weighted by atomic mass is 19.4. The van der Waals surface area contributed by atoms with Gasteiger partial charge in [0, 0.05) is 24.5 Å². The fraction of sp³-hybridized carbons (Fsp3) is 0.400. The van der Waals surface area contributed by atoms with E-state index in [9.17, 15) is 31.1 Å². The molecule has 4 rings (SSSR count). The Morgan fingerprint density at radius 3 is 2.18 bits per heavy atom. The van der Waals surface area contributed by atoms with Crippen LogP contribution in [0.15, 0.2) is 36.9 Å². The van der Waals surface area contributed by atoms with Crippen LogP contribution in [0.4, 0.5) is 26.3 Å². The van der Waals surface area contributed by atoms with Crippen LogP contribution in [0.25, 0.3) is 5.95 Å². The second-order valence-electron chi connectivity index (χ2n) is 7.78. The first kappa shape index (κ1) is 23.6. The van der Waals surface area contributed by atoms with Gasteiger partial charge in [-0.25, -0.2) is 19.9 Å². The van der Waals surface area contributed by atoms with Crippen molar-refractivity contribution >= 4 is 5.91 Å². The standard InChI is InChI=1S/C20H17F6N7O/c1-11(16-29-10-30-33(16)18-27-5-2-6-28-18)32(9-12-3-4-12)17(34)13-7-14(19(21,22)23)31-15(8-13)20(24,25)26/h2,5-8,10-12H,3-4,9H2,1H3. The maximum atomic E-state index is 13.3. The van der Waals surface area contributed by atoms with Crippen LogP contribution in [0, 0.1) is 5.92 Å². The van der Waals surface area contributed by atoms with Crippen LogP contribution in [-0.4, -0.2) is 47.1 Å². The first-order valence-electron chi connectivity index (χ1n) is 10.1. The number of carbonyl (C=O) groups is 1. The summed E-state index contributed by atoms with van der Waals surface area (Å²) in [5, 5.41) is 4.04. The molecule has 1 atom stereocenters. The average molecular weight is 485 g/mol. The zero-order valence-electron chi connectivity index (χ0n) is 17.5. The smallest absolute Gasteiger partial charge is 0.328 e. The highest BCUT2D eigenvalue weighted by Crippen LogP contribution is 2.36. The predicted molar refractivity (Wildman–Crippen MR) is 103 cm³/mol. The van der Waals surface area contributed by atoms with Gasteiger partial charge in [-0.1, -0.05) is 0 Å². The van der Waals surface area contributed by atoms with Gasteiger partial charge in [-0.2, -0.15) is 36.1 Å². The van der Waals surface area contributed by atoms with Gasteiger partial charge in [0.25, 0.3) is 11.9 Å². The van der Waals surface area contributed by atoms with Crippen LogP contribution in [0.2, 0.25) is 0 Å². The molecule has 0 aromatic carbocycles. The molecule has 1 fully saturated rings. The molecule has 180 valence electrons. The molecule has 0 radical (unpaired) electrons. The summed E-state index contributed by atoms with van der Waals surface area (Å²) in [5.41, 5.74) is -4.37. The normalized spacial score (nSPS) is 15.3. The van der Waals surface area contributed by atoms with Crippen LogP contribution in [-0.2, 0) is 12.4 Å². The van der Waals surface area contributed by atoms with Crippen molar-refractivity contribution in [1.82, 2.24) is 34.6 Å².